The molecule has 0 radical (unpaired) electrons. The molecule has 0 saturated heterocycles. The van der Waals surface area contributed by atoms with Crippen LogP contribution in [0, 0.1) is 13.8 Å². The summed E-state index contributed by atoms with van der Waals surface area (Å²) in [5.74, 6) is 0.934. The summed E-state index contributed by atoms with van der Waals surface area (Å²) >= 11 is 0. The molecular weight excluding hydrogens is 246 g/mol. The number of aryl methyl sites for hydroxylation is 2. The zero-order valence-electron chi connectivity index (χ0n) is 13.0. The van der Waals surface area contributed by atoms with Gasteiger partial charge in [-0.15, -0.1) is 0 Å². The maximum Gasteiger partial charge on any atom is 0.119 e. The molecule has 0 bridgehead atoms. The van der Waals surface area contributed by atoms with Gasteiger partial charge in [0.1, 0.15) is 5.75 Å². The van der Waals surface area contributed by atoms with Crippen LogP contribution < -0.4 is 9.64 Å². The average Bonchev–Trinajstić information content (AvgIpc) is 2.41. The number of ether oxygens (including phenoxy) is 1. The second-order valence-corrected chi connectivity index (χ2v) is 5.30. The SMILES string of the molecule is CCOc1ccc(C)c(-c2ccc(N(C)C)cc2C)c1. The highest BCUT2D eigenvalue weighted by Crippen LogP contribution is 2.31. The van der Waals surface area contributed by atoms with Crippen LogP contribution in [0.2, 0.25) is 0 Å². The Hall–Kier alpha value is -1.96. The summed E-state index contributed by atoms with van der Waals surface area (Å²) in [6.45, 7) is 7.01. The number of hydrogen-bond acceptors (Lipinski definition) is 2. The molecule has 2 nitrogen and oxygen atoms in total. The molecule has 106 valence electrons. The van der Waals surface area contributed by atoms with E-state index in [0.717, 1.165) is 5.75 Å². The van der Waals surface area contributed by atoms with Gasteiger partial charge in [0.2, 0.25) is 0 Å². The summed E-state index contributed by atoms with van der Waals surface area (Å²) in [6.07, 6.45) is 0. The first-order valence-electron chi connectivity index (χ1n) is 7.04. The van der Waals surface area contributed by atoms with Gasteiger partial charge in [-0.2, -0.15) is 0 Å². The molecule has 2 heteroatoms. The zero-order chi connectivity index (χ0) is 14.7. The molecule has 20 heavy (non-hydrogen) atoms. The van der Waals surface area contributed by atoms with Gasteiger partial charge in [-0.1, -0.05) is 12.1 Å². The van der Waals surface area contributed by atoms with Crippen molar-refractivity contribution >= 4 is 5.69 Å². The second kappa shape index (κ2) is 6.00. The number of hydrogen-bond donors (Lipinski definition) is 0. The van der Waals surface area contributed by atoms with Crippen molar-refractivity contribution in [2.75, 3.05) is 25.6 Å². The zero-order valence-corrected chi connectivity index (χ0v) is 13.0. The Bertz CT molecular complexity index is 602. The van der Waals surface area contributed by atoms with Crippen LogP contribution in [-0.2, 0) is 0 Å². The van der Waals surface area contributed by atoms with E-state index in [4.69, 9.17) is 4.74 Å². The Kier molecular flexibility index (Phi) is 4.33. The van der Waals surface area contributed by atoms with Crippen LogP contribution in [0.1, 0.15) is 18.1 Å². The lowest BCUT2D eigenvalue weighted by Crippen LogP contribution is -2.08. The van der Waals surface area contributed by atoms with E-state index in [2.05, 4.69) is 63.2 Å². The molecule has 0 heterocycles. The van der Waals surface area contributed by atoms with E-state index >= 15 is 0 Å². The maximum absolute atomic E-state index is 5.62. The molecule has 0 spiro atoms. The quantitative estimate of drug-likeness (QED) is 0.814. The standard InChI is InChI=1S/C18H23NO/c1-6-20-16-9-7-13(2)18(12-16)17-10-8-15(19(4)5)11-14(17)3/h7-12H,6H2,1-5H3. The minimum absolute atomic E-state index is 0.695. The van der Waals surface area contributed by atoms with E-state index in [1.165, 1.54) is 27.9 Å². The predicted molar refractivity (Wildman–Crippen MR) is 86.8 cm³/mol. The Morgan fingerprint density at radius 2 is 1.65 bits per heavy atom. The molecule has 0 saturated carbocycles. The van der Waals surface area contributed by atoms with Crippen molar-refractivity contribution in [2.24, 2.45) is 0 Å². The molecule has 2 aromatic rings. The monoisotopic (exact) mass is 269 g/mol. The highest BCUT2D eigenvalue weighted by Gasteiger charge is 2.08. The van der Waals surface area contributed by atoms with Crippen molar-refractivity contribution in [3.05, 3.63) is 47.5 Å². The highest BCUT2D eigenvalue weighted by molar-refractivity contribution is 5.74. The molecule has 0 fully saturated rings. The predicted octanol–water partition coefficient (Wildman–Crippen LogP) is 4.44. The van der Waals surface area contributed by atoms with Crippen molar-refractivity contribution in [2.45, 2.75) is 20.8 Å². The van der Waals surface area contributed by atoms with Crippen molar-refractivity contribution in [1.82, 2.24) is 0 Å². The van der Waals surface area contributed by atoms with Crippen molar-refractivity contribution in [1.29, 1.82) is 0 Å². The molecule has 0 aliphatic carbocycles. The van der Waals surface area contributed by atoms with E-state index in [1.807, 2.05) is 13.0 Å². The fraction of sp³-hybridized carbons (Fsp3) is 0.333. The van der Waals surface area contributed by atoms with Gasteiger partial charge in [0.15, 0.2) is 0 Å². The van der Waals surface area contributed by atoms with E-state index in [9.17, 15) is 0 Å². The first-order chi connectivity index (χ1) is 9.52. The van der Waals surface area contributed by atoms with Crippen LogP contribution in [0.3, 0.4) is 0 Å². The minimum Gasteiger partial charge on any atom is -0.494 e. The molecule has 0 N–H and O–H groups in total. The molecule has 0 aromatic heterocycles. The largest absolute Gasteiger partial charge is 0.494 e. The normalized spacial score (nSPS) is 10.4. The lowest BCUT2D eigenvalue weighted by molar-refractivity contribution is 0.340. The van der Waals surface area contributed by atoms with E-state index < -0.39 is 0 Å². The molecule has 0 amide bonds. The maximum atomic E-state index is 5.62. The number of nitrogens with zero attached hydrogens (tertiary/aromatic N) is 1. The molecular formula is C18H23NO. The van der Waals surface area contributed by atoms with Gasteiger partial charge in [0.25, 0.3) is 0 Å². The molecule has 0 unspecified atom stereocenters. The molecule has 0 aliphatic heterocycles. The van der Waals surface area contributed by atoms with Gasteiger partial charge in [-0.3, -0.25) is 0 Å². The van der Waals surface area contributed by atoms with Crippen LogP contribution in [0.4, 0.5) is 5.69 Å². The number of benzene rings is 2. The fourth-order valence-electron chi connectivity index (χ4n) is 2.38. The number of anilines is 1. The summed E-state index contributed by atoms with van der Waals surface area (Å²) in [4.78, 5) is 2.13. The molecule has 0 atom stereocenters. The highest BCUT2D eigenvalue weighted by atomic mass is 16.5. The summed E-state index contributed by atoms with van der Waals surface area (Å²) < 4.78 is 5.62. The van der Waals surface area contributed by atoms with Crippen LogP contribution in [0.15, 0.2) is 36.4 Å². The Morgan fingerprint density at radius 1 is 0.900 bits per heavy atom. The van der Waals surface area contributed by atoms with E-state index in [1.54, 1.807) is 0 Å². The summed E-state index contributed by atoms with van der Waals surface area (Å²) in [7, 11) is 4.13. The van der Waals surface area contributed by atoms with E-state index in [0.29, 0.717) is 6.61 Å². The molecule has 2 aromatic carbocycles. The van der Waals surface area contributed by atoms with Gasteiger partial charge >= 0.3 is 0 Å². The third-order valence-corrected chi connectivity index (χ3v) is 3.54. The first-order valence-corrected chi connectivity index (χ1v) is 7.04. The lowest BCUT2D eigenvalue weighted by Gasteiger charge is -2.16. The van der Waals surface area contributed by atoms with Crippen molar-refractivity contribution < 1.29 is 4.74 Å². The average molecular weight is 269 g/mol. The minimum atomic E-state index is 0.695. The second-order valence-electron chi connectivity index (χ2n) is 5.30. The lowest BCUT2D eigenvalue weighted by atomic mass is 9.96. The third-order valence-electron chi connectivity index (χ3n) is 3.54. The molecule has 0 aliphatic rings. The smallest absolute Gasteiger partial charge is 0.119 e. The van der Waals surface area contributed by atoms with Gasteiger partial charge < -0.3 is 9.64 Å². The third kappa shape index (κ3) is 2.96. The van der Waals surface area contributed by atoms with Crippen molar-refractivity contribution in [3.8, 4) is 16.9 Å². The van der Waals surface area contributed by atoms with Crippen LogP contribution in [-0.4, -0.2) is 20.7 Å². The fourth-order valence-corrected chi connectivity index (χ4v) is 2.38. The van der Waals surface area contributed by atoms with Crippen molar-refractivity contribution in [3.63, 3.8) is 0 Å². The van der Waals surface area contributed by atoms with Crippen LogP contribution in [0.25, 0.3) is 11.1 Å². The summed E-state index contributed by atoms with van der Waals surface area (Å²) in [6, 6.07) is 12.9. The number of rotatable bonds is 4. The van der Waals surface area contributed by atoms with Gasteiger partial charge in [-0.05, 0) is 67.3 Å². The van der Waals surface area contributed by atoms with Gasteiger partial charge in [0.05, 0.1) is 6.61 Å². The Morgan fingerprint density at radius 3 is 2.25 bits per heavy atom. The summed E-state index contributed by atoms with van der Waals surface area (Å²) in [5.41, 5.74) is 6.31. The Labute approximate surface area is 122 Å². The van der Waals surface area contributed by atoms with Crippen LogP contribution >= 0.6 is 0 Å². The van der Waals surface area contributed by atoms with Crippen LogP contribution in [0.5, 0.6) is 5.75 Å². The van der Waals surface area contributed by atoms with Gasteiger partial charge in [0, 0.05) is 19.8 Å². The summed E-state index contributed by atoms with van der Waals surface area (Å²) in [5, 5.41) is 0. The molecule has 2 rings (SSSR count). The van der Waals surface area contributed by atoms with E-state index in [-0.39, 0.29) is 0 Å². The topological polar surface area (TPSA) is 12.5 Å². The van der Waals surface area contributed by atoms with Gasteiger partial charge in [-0.25, -0.2) is 0 Å². The Balaban J connectivity index is 2.48. The first kappa shape index (κ1) is 14.4.